The van der Waals surface area contributed by atoms with Gasteiger partial charge >= 0.3 is 6.01 Å². The summed E-state index contributed by atoms with van der Waals surface area (Å²) in [5, 5.41) is 10.7. The predicted molar refractivity (Wildman–Crippen MR) is 101 cm³/mol. The lowest BCUT2D eigenvalue weighted by Gasteiger charge is -2.04. The van der Waals surface area contributed by atoms with E-state index in [1.807, 2.05) is 0 Å². The molecule has 0 bridgehead atoms. The molecule has 2 aromatic carbocycles. The Hall–Kier alpha value is -2.71. The van der Waals surface area contributed by atoms with Crippen LogP contribution >= 0.6 is 11.6 Å². The molecule has 0 spiro atoms. The van der Waals surface area contributed by atoms with Gasteiger partial charge in [-0.15, -0.1) is 5.10 Å². The van der Waals surface area contributed by atoms with E-state index in [2.05, 4.69) is 15.5 Å². The van der Waals surface area contributed by atoms with Crippen molar-refractivity contribution in [2.45, 2.75) is 18.2 Å². The Morgan fingerprint density at radius 1 is 1.15 bits per heavy atom. The molecule has 3 rings (SSSR count). The second kappa shape index (κ2) is 7.89. The number of nitrogens with zero attached hydrogens (tertiary/aromatic N) is 2. The van der Waals surface area contributed by atoms with E-state index in [-0.39, 0.29) is 34.9 Å². The molecule has 0 aliphatic heterocycles. The first-order chi connectivity index (χ1) is 12.9. The highest BCUT2D eigenvalue weighted by Crippen LogP contribution is 2.23. The summed E-state index contributed by atoms with van der Waals surface area (Å²) in [5.74, 6) is -0.0943. The Labute approximate surface area is 161 Å². The van der Waals surface area contributed by atoms with E-state index in [0.29, 0.717) is 16.1 Å². The molecule has 140 valence electrons. The van der Waals surface area contributed by atoms with Crippen molar-refractivity contribution < 1.29 is 17.6 Å². The van der Waals surface area contributed by atoms with Gasteiger partial charge < -0.3 is 4.42 Å². The van der Waals surface area contributed by atoms with Crippen LogP contribution in [0.2, 0.25) is 5.02 Å². The van der Waals surface area contributed by atoms with Gasteiger partial charge in [-0.1, -0.05) is 41.8 Å². The summed E-state index contributed by atoms with van der Waals surface area (Å²) >= 11 is 5.93. The van der Waals surface area contributed by atoms with E-state index in [4.69, 9.17) is 16.0 Å². The van der Waals surface area contributed by atoms with E-state index < -0.39 is 9.84 Å². The molecule has 1 aromatic heterocycles. The zero-order valence-corrected chi connectivity index (χ0v) is 15.9. The number of anilines is 1. The average molecular weight is 406 g/mol. The second-order valence-electron chi connectivity index (χ2n) is 5.70. The molecular weight excluding hydrogens is 390 g/mol. The molecule has 3 aromatic rings. The third-order valence-electron chi connectivity index (χ3n) is 3.77. The van der Waals surface area contributed by atoms with E-state index in [0.717, 1.165) is 0 Å². The SMILES string of the molecule is CCS(=O)(=O)c1ccc(CC(=O)Nc2nnc(-c3cccc(Cl)c3)o2)cc1. The molecular formula is C18H16ClN3O4S. The minimum absolute atomic E-state index is 0.0267. The Kier molecular flexibility index (Phi) is 5.57. The number of benzene rings is 2. The maximum Gasteiger partial charge on any atom is 0.322 e. The van der Waals surface area contributed by atoms with Crippen molar-refractivity contribution in [1.29, 1.82) is 0 Å². The number of aromatic nitrogens is 2. The fourth-order valence-corrected chi connectivity index (χ4v) is 3.42. The van der Waals surface area contributed by atoms with E-state index in [1.165, 1.54) is 12.1 Å². The lowest BCUT2D eigenvalue weighted by Crippen LogP contribution is -2.14. The molecule has 0 aliphatic carbocycles. The van der Waals surface area contributed by atoms with Gasteiger partial charge in [0.1, 0.15) is 0 Å². The molecule has 1 heterocycles. The van der Waals surface area contributed by atoms with Crippen molar-refractivity contribution in [3.63, 3.8) is 0 Å². The Bertz CT molecular complexity index is 1060. The van der Waals surface area contributed by atoms with E-state index >= 15 is 0 Å². The molecule has 27 heavy (non-hydrogen) atoms. The van der Waals surface area contributed by atoms with Gasteiger partial charge in [-0.2, -0.15) is 0 Å². The number of hydrogen-bond acceptors (Lipinski definition) is 6. The summed E-state index contributed by atoms with van der Waals surface area (Å²) in [6, 6.07) is 13.1. The summed E-state index contributed by atoms with van der Waals surface area (Å²) in [6.07, 6.45) is 0.0430. The Balaban J connectivity index is 1.65. The van der Waals surface area contributed by atoms with Crippen LogP contribution in [-0.2, 0) is 21.1 Å². The van der Waals surface area contributed by atoms with Crippen LogP contribution in [0, 0.1) is 0 Å². The van der Waals surface area contributed by atoms with Gasteiger partial charge in [0.05, 0.1) is 17.1 Å². The molecule has 0 aliphatic rings. The number of rotatable bonds is 6. The molecule has 7 nitrogen and oxygen atoms in total. The second-order valence-corrected chi connectivity index (χ2v) is 8.41. The van der Waals surface area contributed by atoms with Gasteiger partial charge in [-0.25, -0.2) is 8.42 Å². The molecule has 0 saturated carbocycles. The fourth-order valence-electron chi connectivity index (χ4n) is 2.34. The van der Waals surface area contributed by atoms with Crippen LogP contribution in [-0.4, -0.2) is 30.3 Å². The zero-order valence-electron chi connectivity index (χ0n) is 14.3. The number of sulfone groups is 1. The number of nitrogens with one attached hydrogen (secondary N) is 1. The van der Waals surface area contributed by atoms with Crippen LogP contribution in [0.1, 0.15) is 12.5 Å². The molecule has 0 radical (unpaired) electrons. The normalized spacial score (nSPS) is 11.3. The van der Waals surface area contributed by atoms with Gasteiger partial charge in [0.15, 0.2) is 9.84 Å². The largest absolute Gasteiger partial charge is 0.403 e. The number of hydrogen-bond donors (Lipinski definition) is 1. The summed E-state index contributed by atoms with van der Waals surface area (Å²) in [4.78, 5) is 12.4. The first kappa shape index (κ1) is 19.1. The van der Waals surface area contributed by atoms with Crippen molar-refractivity contribution in [2.24, 2.45) is 0 Å². The van der Waals surface area contributed by atoms with Crippen LogP contribution in [0.15, 0.2) is 57.8 Å². The molecule has 1 amide bonds. The minimum Gasteiger partial charge on any atom is -0.403 e. The third kappa shape index (κ3) is 4.72. The highest BCUT2D eigenvalue weighted by molar-refractivity contribution is 7.91. The molecule has 0 fully saturated rings. The zero-order chi connectivity index (χ0) is 19.4. The predicted octanol–water partition coefficient (Wildman–Crippen LogP) is 3.36. The van der Waals surface area contributed by atoms with Gasteiger partial charge in [0, 0.05) is 10.6 Å². The van der Waals surface area contributed by atoms with Crippen LogP contribution in [0.3, 0.4) is 0 Å². The monoisotopic (exact) mass is 405 g/mol. The summed E-state index contributed by atoms with van der Waals surface area (Å²) < 4.78 is 29.0. The quantitative estimate of drug-likeness (QED) is 0.674. The number of amides is 1. The van der Waals surface area contributed by atoms with Crippen molar-refractivity contribution in [3.05, 3.63) is 59.1 Å². The summed E-state index contributed by atoms with van der Waals surface area (Å²) in [6.45, 7) is 1.58. The average Bonchev–Trinajstić information content (AvgIpc) is 3.10. The van der Waals surface area contributed by atoms with Crippen LogP contribution in [0.5, 0.6) is 0 Å². The first-order valence-electron chi connectivity index (χ1n) is 8.08. The van der Waals surface area contributed by atoms with E-state index in [9.17, 15) is 13.2 Å². The summed E-state index contributed by atoms with van der Waals surface area (Å²) in [7, 11) is -3.26. The Morgan fingerprint density at radius 3 is 2.56 bits per heavy atom. The van der Waals surface area contributed by atoms with E-state index in [1.54, 1.807) is 43.3 Å². The van der Waals surface area contributed by atoms with Gasteiger partial charge in [0.25, 0.3) is 0 Å². The third-order valence-corrected chi connectivity index (χ3v) is 5.76. The first-order valence-corrected chi connectivity index (χ1v) is 10.1. The smallest absolute Gasteiger partial charge is 0.322 e. The molecule has 0 unspecified atom stereocenters. The lowest BCUT2D eigenvalue weighted by molar-refractivity contribution is -0.115. The molecule has 1 N–H and O–H groups in total. The maximum atomic E-state index is 12.1. The lowest BCUT2D eigenvalue weighted by atomic mass is 10.1. The summed E-state index contributed by atoms with van der Waals surface area (Å²) in [5.41, 5.74) is 1.31. The van der Waals surface area contributed by atoms with Crippen LogP contribution < -0.4 is 5.32 Å². The van der Waals surface area contributed by atoms with Crippen molar-refractivity contribution in [2.75, 3.05) is 11.1 Å². The van der Waals surface area contributed by atoms with Crippen molar-refractivity contribution in [3.8, 4) is 11.5 Å². The number of halogens is 1. The highest BCUT2D eigenvalue weighted by Gasteiger charge is 2.14. The molecule has 0 atom stereocenters. The minimum atomic E-state index is -3.26. The van der Waals surface area contributed by atoms with Crippen LogP contribution in [0.25, 0.3) is 11.5 Å². The Morgan fingerprint density at radius 2 is 1.89 bits per heavy atom. The van der Waals surface area contributed by atoms with Crippen LogP contribution in [0.4, 0.5) is 6.01 Å². The highest BCUT2D eigenvalue weighted by atomic mass is 35.5. The van der Waals surface area contributed by atoms with Gasteiger partial charge in [-0.05, 0) is 35.9 Å². The molecule has 9 heteroatoms. The van der Waals surface area contributed by atoms with Gasteiger partial charge in [-0.3, -0.25) is 10.1 Å². The number of carbonyl (C=O) groups is 1. The van der Waals surface area contributed by atoms with Crippen molar-refractivity contribution in [1.82, 2.24) is 10.2 Å². The number of carbonyl (C=O) groups excluding carboxylic acids is 1. The standard InChI is InChI=1S/C18H16ClN3O4S/c1-2-27(24,25)15-8-6-12(7-9-15)10-16(23)20-18-22-21-17(26-18)13-4-3-5-14(19)11-13/h3-9,11H,2,10H2,1H3,(H,20,22,23). The van der Waals surface area contributed by atoms with Crippen molar-refractivity contribution >= 4 is 33.4 Å². The molecule has 0 saturated heterocycles. The maximum absolute atomic E-state index is 12.1. The van der Waals surface area contributed by atoms with Gasteiger partial charge in [0.2, 0.25) is 11.8 Å². The topological polar surface area (TPSA) is 102 Å². The fraction of sp³-hybridized carbons (Fsp3) is 0.167.